The number of aromatic carboxylic acids is 1. The number of nitrogens with zero attached hydrogens (tertiary/aromatic N) is 2. The van der Waals surface area contributed by atoms with Crippen molar-refractivity contribution in [3.63, 3.8) is 0 Å². The number of fused-ring (bicyclic) bond motifs is 1. The molecule has 1 aliphatic rings. The first-order valence-corrected chi connectivity index (χ1v) is 5.85. The van der Waals surface area contributed by atoms with E-state index in [4.69, 9.17) is 9.84 Å². The van der Waals surface area contributed by atoms with E-state index >= 15 is 0 Å². The zero-order chi connectivity index (χ0) is 11.1. The average Bonchev–Trinajstić information content (AvgIpc) is 2.91. The van der Waals surface area contributed by atoms with Crippen molar-refractivity contribution in [3.8, 4) is 0 Å². The van der Waals surface area contributed by atoms with Crippen LogP contribution in [0.15, 0.2) is 12.4 Å². The molecule has 5 nitrogen and oxygen atoms in total. The molecule has 1 saturated heterocycles. The number of carboxylic acids is 1. The minimum Gasteiger partial charge on any atom is -0.477 e. The Morgan fingerprint density at radius 3 is 3.12 bits per heavy atom. The molecule has 2 aromatic heterocycles. The molecule has 0 saturated carbocycles. The maximum Gasteiger partial charge on any atom is 0.347 e. The fourth-order valence-electron chi connectivity index (χ4n) is 1.88. The molecule has 3 rings (SSSR count). The predicted octanol–water partition coefficient (Wildman–Crippen LogP) is 1.60. The first-order valence-electron chi connectivity index (χ1n) is 5.03. The molecule has 2 aromatic rings. The highest BCUT2D eigenvalue weighted by Gasteiger charge is 2.21. The molecule has 0 aliphatic carbocycles. The molecule has 1 unspecified atom stereocenters. The molecule has 1 aliphatic heterocycles. The second-order valence-electron chi connectivity index (χ2n) is 3.82. The van der Waals surface area contributed by atoms with E-state index in [-0.39, 0.29) is 0 Å². The SMILES string of the molecule is O=C(O)c1cn2cc(C3CCOC3)nc2s1. The molecule has 0 spiro atoms. The normalized spacial score (nSPS) is 20.6. The van der Waals surface area contributed by atoms with Gasteiger partial charge in [0.05, 0.1) is 12.3 Å². The van der Waals surface area contributed by atoms with Crippen LogP contribution in [0.2, 0.25) is 0 Å². The summed E-state index contributed by atoms with van der Waals surface area (Å²) in [5, 5.41) is 8.83. The number of carbonyl (C=O) groups is 1. The Balaban J connectivity index is 1.98. The number of carboxylic acid groups (broad SMARTS) is 1. The lowest BCUT2D eigenvalue weighted by molar-refractivity contribution is 0.0702. The van der Waals surface area contributed by atoms with Crippen LogP contribution in [-0.4, -0.2) is 33.7 Å². The van der Waals surface area contributed by atoms with Crippen LogP contribution in [0.25, 0.3) is 4.96 Å². The van der Waals surface area contributed by atoms with E-state index in [9.17, 15) is 4.79 Å². The molecule has 0 radical (unpaired) electrons. The number of thiazole rings is 1. The first kappa shape index (κ1) is 9.80. The summed E-state index contributed by atoms with van der Waals surface area (Å²) in [6.45, 7) is 1.51. The summed E-state index contributed by atoms with van der Waals surface area (Å²) >= 11 is 1.20. The summed E-state index contributed by atoms with van der Waals surface area (Å²) in [7, 11) is 0. The van der Waals surface area contributed by atoms with Gasteiger partial charge in [-0.05, 0) is 6.42 Å². The van der Waals surface area contributed by atoms with Crippen LogP contribution in [0.1, 0.15) is 27.7 Å². The van der Waals surface area contributed by atoms with Gasteiger partial charge in [0.2, 0.25) is 0 Å². The summed E-state index contributed by atoms with van der Waals surface area (Å²) in [5.74, 6) is -0.540. The molecule has 6 heteroatoms. The Morgan fingerprint density at radius 1 is 1.62 bits per heavy atom. The van der Waals surface area contributed by atoms with Crippen molar-refractivity contribution in [2.45, 2.75) is 12.3 Å². The van der Waals surface area contributed by atoms with Gasteiger partial charge in [-0.1, -0.05) is 11.3 Å². The Hall–Kier alpha value is -1.40. The minimum atomic E-state index is -0.902. The zero-order valence-corrected chi connectivity index (χ0v) is 9.24. The van der Waals surface area contributed by atoms with Crippen molar-refractivity contribution >= 4 is 22.3 Å². The van der Waals surface area contributed by atoms with E-state index in [0.29, 0.717) is 10.8 Å². The second kappa shape index (κ2) is 3.57. The largest absolute Gasteiger partial charge is 0.477 e. The third kappa shape index (κ3) is 1.50. The number of hydrogen-bond acceptors (Lipinski definition) is 4. The van der Waals surface area contributed by atoms with E-state index in [1.807, 2.05) is 6.20 Å². The molecule has 0 amide bonds. The van der Waals surface area contributed by atoms with Gasteiger partial charge in [-0.15, -0.1) is 0 Å². The highest BCUT2D eigenvalue weighted by Crippen LogP contribution is 2.27. The van der Waals surface area contributed by atoms with E-state index in [1.54, 1.807) is 10.6 Å². The Morgan fingerprint density at radius 2 is 2.50 bits per heavy atom. The van der Waals surface area contributed by atoms with Crippen LogP contribution in [0.4, 0.5) is 0 Å². The molecular weight excluding hydrogens is 228 g/mol. The summed E-state index contributed by atoms with van der Waals surface area (Å²) < 4.78 is 7.09. The quantitative estimate of drug-likeness (QED) is 0.863. The molecule has 3 heterocycles. The lowest BCUT2D eigenvalue weighted by Gasteiger charge is -2.00. The van der Waals surface area contributed by atoms with Crippen LogP contribution in [-0.2, 0) is 4.74 Å². The fourth-order valence-corrected chi connectivity index (χ4v) is 2.69. The standard InChI is InChI=1S/C10H10N2O3S/c13-9(14)8-4-12-3-7(11-10(12)16-8)6-1-2-15-5-6/h3-4,6H,1-2,5H2,(H,13,14). The molecule has 1 N–H and O–H groups in total. The molecule has 0 aromatic carbocycles. The number of rotatable bonds is 2. The summed E-state index contributed by atoms with van der Waals surface area (Å²) in [6, 6.07) is 0. The van der Waals surface area contributed by atoms with Crippen molar-refractivity contribution in [3.05, 3.63) is 23.0 Å². The molecule has 16 heavy (non-hydrogen) atoms. The monoisotopic (exact) mass is 238 g/mol. The zero-order valence-electron chi connectivity index (χ0n) is 8.42. The molecule has 84 valence electrons. The third-order valence-electron chi connectivity index (χ3n) is 2.73. The highest BCUT2D eigenvalue weighted by atomic mass is 32.1. The van der Waals surface area contributed by atoms with Crippen molar-refractivity contribution in [1.29, 1.82) is 0 Å². The van der Waals surface area contributed by atoms with E-state index in [2.05, 4.69) is 4.98 Å². The lowest BCUT2D eigenvalue weighted by atomic mass is 10.1. The van der Waals surface area contributed by atoms with Crippen LogP contribution in [0.3, 0.4) is 0 Å². The van der Waals surface area contributed by atoms with Gasteiger partial charge in [-0.3, -0.25) is 4.40 Å². The van der Waals surface area contributed by atoms with Gasteiger partial charge < -0.3 is 9.84 Å². The van der Waals surface area contributed by atoms with Crippen molar-refractivity contribution < 1.29 is 14.6 Å². The third-order valence-corrected chi connectivity index (χ3v) is 3.72. The van der Waals surface area contributed by atoms with Crippen LogP contribution in [0, 0.1) is 0 Å². The predicted molar refractivity (Wildman–Crippen MR) is 58.2 cm³/mol. The van der Waals surface area contributed by atoms with Crippen molar-refractivity contribution in [2.75, 3.05) is 13.2 Å². The first-order chi connectivity index (χ1) is 7.74. The van der Waals surface area contributed by atoms with Gasteiger partial charge >= 0.3 is 5.97 Å². The van der Waals surface area contributed by atoms with Gasteiger partial charge in [-0.25, -0.2) is 9.78 Å². The number of ether oxygens (including phenoxy) is 1. The number of aromatic nitrogens is 2. The van der Waals surface area contributed by atoms with Crippen molar-refractivity contribution in [2.24, 2.45) is 0 Å². The Bertz CT molecular complexity index is 508. The highest BCUT2D eigenvalue weighted by molar-refractivity contribution is 7.18. The summed E-state index contributed by atoms with van der Waals surface area (Å²) in [5.41, 5.74) is 1.00. The number of imidazole rings is 1. The topological polar surface area (TPSA) is 63.8 Å². The van der Waals surface area contributed by atoms with Crippen molar-refractivity contribution in [1.82, 2.24) is 9.38 Å². The van der Waals surface area contributed by atoms with Crippen LogP contribution >= 0.6 is 11.3 Å². The second-order valence-corrected chi connectivity index (χ2v) is 4.83. The maximum atomic E-state index is 10.8. The average molecular weight is 238 g/mol. The van der Waals surface area contributed by atoms with Gasteiger partial charge in [0.1, 0.15) is 4.88 Å². The maximum absolute atomic E-state index is 10.8. The summed E-state index contributed by atoms with van der Waals surface area (Å²) in [4.78, 5) is 16.2. The van der Waals surface area contributed by atoms with Gasteiger partial charge in [0, 0.05) is 24.9 Å². The molecule has 0 bridgehead atoms. The molecule has 1 atom stereocenters. The smallest absolute Gasteiger partial charge is 0.347 e. The van der Waals surface area contributed by atoms with Crippen LogP contribution < -0.4 is 0 Å². The fraction of sp³-hybridized carbons (Fsp3) is 0.400. The number of hydrogen-bond donors (Lipinski definition) is 1. The van der Waals surface area contributed by atoms with Gasteiger partial charge in [-0.2, -0.15) is 0 Å². The van der Waals surface area contributed by atoms with Gasteiger partial charge in [0.15, 0.2) is 4.96 Å². The van der Waals surface area contributed by atoms with Gasteiger partial charge in [0.25, 0.3) is 0 Å². The van der Waals surface area contributed by atoms with E-state index < -0.39 is 5.97 Å². The lowest BCUT2D eigenvalue weighted by Crippen LogP contribution is -1.97. The van der Waals surface area contributed by atoms with E-state index in [0.717, 1.165) is 30.3 Å². The molecular formula is C10H10N2O3S. The Kier molecular flexibility index (Phi) is 2.19. The Labute approximate surface area is 95.3 Å². The van der Waals surface area contributed by atoms with Crippen LogP contribution in [0.5, 0.6) is 0 Å². The molecule has 1 fully saturated rings. The van der Waals surface area contributed by atoms with E-state index in [1.165, 1.54) is 11.3 Å². The summed E-state index contributed by atoms with van der Waals surface area (Å²) in [6.07, 6.45) is 4.50. The minimum absolute atomic E-state index is 0.316.